The highest BCUT2D eigenvalue weighted by atomic mass is 79.9. The molecule has 0 heterocycles. The van der Waals surface area contributed by atoms with E-state index in [4.69, 9.17) is 4.74 Å². The Bertz CT molecular complexity index is 350. The molecule has 1 aromatic rings. The second-order valence-corrected chi connectivity index (χ2v) is 4.01. The van der Waals surface area contributed by atoms with Crippen molar-refractivity contribution >= 4 is 22.2 Å². The predicted octanol–water partition coefficient (Wildman–Crippen LogP) is 3.19. The highest BCUT2D eigenvalue weighted by Crippen LogP contribution is 2.26. The van der Waals surface area contributed by atoms with Crippen LogP contribution in [0.4, 0.5) is 4.39 Å². The molecule has 0 aliphatic heterocycles. The molecule has 0 bridgehead atoms. The number of hydrogen-bond donors (Lipinski definition) is 0. The summed E-state index contributed by atoms with van der Waals surface area (Å²) < 4.78 is 19.1. The fourth-order valence-corrected chi connectivity index (χ4v) is 1.48. The Morgan fingerprint density at radius 2 is 2.14 bits per heavy atom. The third-order valence-electron chi connectivity index (χ3n) is 1.52. The summed E-state index contributed by atoms with van der Waals surface area (Å²) in [5, 5.41) is 0. The molecule has 4 heteroatoms. The molecule has 0 aliphatic carbocycles. The topological polar surface area (TPSA) is 26.3 Å². The van der Waals surface area contributed by atoms with E-state index in [2.05, 4.69) is 15.9 Å². The Morgan fingerprint density at radius 1 is 1.50 bits per heavy atom. The third-order valence-corrected chi connectivity index (χ3v) is 1.98. The van der Waals surface area contributed by atoms with Crippen molar-refractivity contribution in [3.63, 3.8) is 0 Å². The molecule has 0 N–H and O–H groups in total. The zero-order valence-electron chi connectivity index (χ0n) is 7.88. The molecule has 0 saturated carbocycles. The third kappa shape index (κ3) is 2.54. The minimum absolute atomic E-state index is 0.0122. The van der Waals surface area contributed by atoms with Crippen LogP contribution >= 0.6 is 15.9 Å². The maximum absolute atomic E-state index is 13.3. The van der Waals surface area contributed by atoms with E-state index in [9.17, 15) is 9.18 Å². The summed E-state index contributed by atoms with van der Waals surface area (Å²) >= 11 is 3.10. The molecule has 0 aliphatic rings. The van der Waals surface area contributed by atoms with E-state index in [0.29, 0.717) is 10.8 Å². The molecule has 0 atom stereocenters. The molecule has 0 fully saturated rings. The van der Waals surface area contributed by atoms with Crippen molar-refractivity contribution < 1.29 is 13.9 Å². The smallest absolute Gasteiger partial charge is 0.166 e. The van der Waals surface area contributed by atoms with Gasteiger partial charge in [-0.15, -0.1) is 0 Å². The molecule has 0 spiro atoms. The normalized spacial score (nSPS) is 10.4. The van der Waals surface area contributed by atoms with E-state index >= 15 is 0 Å². The van der Waals surface area contributed by atoms with Gasteiger partial charge in [0.1, 0.15) is 0 Å². The van der Waals surface area contributed by atoms with Crippen molar-refractivity contribution in [1.82, 2.24) is 0 Å². The Balaban J connectivity index is 3.18. The molecule has 1 rings (SSSR count). The van der Waals surface area contributed by atoms with E-state index in [1.807, 2.05) is 0 Å². The van der Waals surface area contributed by atoms with Crippen LogP contribution in [0.1, 0.15) is 24.2 Å². The van der Waals surface area contributed by atoms with Gasteiger partial charge in [-0.05, 0) is 26.0 Å². The number of hydrogen-bond acceptors (Lipinski definition) is 2. The molecule has 0 radical (unpaired) electrons. The van der Waals surface area contributed by atoms with Gasteiger partial charge in [0.15, 0.2) is 17.9 Å². The maximum Gasteiger partial charge on any atom is 0.166 e. The first kappa shape index (κ1) is 11.2. The quantitative estimate of drug-likeness (QED) is 0.781. The lowest BCUT2D eigenvalue weighted by molar-refractivity contribution is 0.111. The first-order valence-electron chi connectivity index (χ1n) is 4.15. The SMILES string of the molecule is CC(C)Oc1c(F)cc(Br)cc1C=O. The molecule has 14 heavy (non-hydrogen) atoms. The summed E-state index contributed by atoms with van der Waals surface area (Å²) in [4.78, 5) is 10.6. The fraction of sp³-hybridized carbons (Fsp3) is 0.300. The lowest BCUT2D eigenvalue weighted by Gasteiger charge is -2.12. The number of carbonyl (C=O) groups is 1. The standard InChI is InChI=1S/C10H10BrFO2/c1-6(2)14-10-7(5-13)3-8(11)4-9(10)12/h3-6H,1-2H3. The number of rotatable bonds is 3. The van der Waals surface area contributed by atoms with Crippen LogP contribution in [0.3, 0.4) is 0 Å². The molecule has 76 valence electrons. The first-order chi connectivity index (χ1) is 6.54. The van der Waals surface area contributed by atoms with Gasteiger partial charge in [0.2, 0.25) is 0 Å². The summed E-state index contributed by atoms with van der Waals surface area (Å²) in [6.07, 6.45) is 0.412. The fourth-order valence-electron chi connectivity index (χ4n) is 1.03. The Morgan fingerprint density at radius 3 is 2.64 bits per heavy atom. The largest absolute Gasteiger partial charge is 0.487 e. The van der Waals surface area contributed by atoms with Gasteiger partial charge in [-0.1, -0.05) is 15.9 Å². The van der Waals surface area contributed by atoms with Crippen LogP contribution in [0.5, 0.6) is 5.75 Å². The van der Waals surface area contributed by atoms with Gasteiger partial charge < -0.3 is 4.74 Å². The van der Waals surface area contributed by atoms with Crippen LogP contribution < -0.4 is 4.74 Å². The van der Waals surface area contributed by atoms with Crippen LogP contribution in [0.2, 0.25) is 0 Å². The molecular formula is C10H10BrFO2. The van der Waals surface area contributed by atoms with Crippen LogP contribution in [0, 0.1) is 5.82 Å². The second kappa shape index (κ2) is 4.55. The van der Waals surface area contributed by atoms with Crippen LogP contribution in [0.15, 0.2) is 16.6 Å². The van der Waals surface area contributed by atoms with E-state index in [-0.39, 0.29) is 17.4 Å². The van der Waals surface area contributed by atoms with E-state index < -0.39 is 5.82 Å². The summed E-state index contributed by atoms with van der Waals surface area (Å²) in [6.45, 7) is 3.55. The molecule has 2 nitrogen and oxygen atoms in total. The van der Waals surface area contributed by atoms with E-state index in [0.717, 1.165) is 0 Å². The Kier molecular flexibility index (Phi) is 3.63. The zero-order chi connectivity index (χ0) is 10.7. The van der Waals surface area contributed by atoms with Gasteiger partial charge in [0.05, 0.1) is 11.7 Å². The molecular weight excluding hydrogens is 251 g/mol. The number of benzene rings is 1. The van der Waals surface area contributed by atoms with Crippen molar-refractivity contribution in [2.24, 2.45) is 0 Å². The van der Waals surface area contributed by atoms with Gasteiger partial charge in [-0.3, -0.25) is 4.79 Å². The lowest BCUT2D eigenvalue weighted by atomic mass is 10.2. The van der Waals surface area contributed by atoms with Gasteiger partial charge in [-0.2, -0.15) is 0 Å². The van der Waals surface area contributed by atoms with Gasteiger partial charge in [-0.25, -0.2) is 4.39 Å². The van der Waals surface area contributed by atoms with Crippen molar-refractivity contribution in [1.29, 1.82) is 0 Å². The van der Waals surface area contributed by atoms with Crippen LogP contribution in [0.25, 0.3) is 0 Å². The number of aldehydes is 1. The average molecular weight is 261 g/mol. The van der Waals surface area contributed by atoms with Crippen molar-refractivity contribution in [3.8, 4) is 5.75 Å². The monoisotopic (exact) mass is 260 g/mol. The average Bonchev–Trinajstić information content (AvgIpc) is 2.08. The minimum atomic E-state index is -0.532. The van der Waals surface area contributed by atoms with Crippen molar-refractivity contribution in [2.75, 3.05) is 0 Å². The molecule has 0 saturated heterocycles. The van der Waals surface area contributed by atoms with Gasteiger partial charge in [0.25, 0.3) is 0 Å². The highest BCUT2D eigenvalue weighted by molar-refractivity contribution is 9.10. The summed E-state index contributed by atoms with van der Waals surface area (Å²) in [7, 11) is 0. The van der Waals surface area contributed by atoms with Gasteiger partial charge in [0, 0.05) is 4.47 Å². The molecule has 0 amide bonds. The van der Waals surface area contributed by atoms with Crippen molar-refractivity contribution in [2.45, 2.75) is 20.0 Å². The van der Waals surface area contributed by atoms with Crippen LogP contribution in [-0.2, 0) is 0 Å². The Labute approximate surface area is 90.2 Å². The summed E-state index contributed by atoms with van der Waals surface area (Å²) in [6, 6.07) is 2.79. The van der Waals surface area contributed by atoms with Crippen LogP contribution in [-0.4, -0.2) is 12.4 Å². The summed E-state index contributed by atoms with van der Waals surface area (Å²) in [5.74, 6) is -0.520. The number of halogens is 2. The van der Waals surface area contributed by atoms with Gasteiger partial charge >= 0.3 is 0 Å². The minimum Gasteiger partial charge on any atom is -0.487 e. The highest BCUT2D eigenvalue weighted by Gasteiger charge is 2.12. The molecule has 0 aromatic heterocycles. The zero-order valence-corrected chi connectivity index (χ0v) is 9.47. The molecule has 1 aromatic carbocycles. The predicted molar refractivity (Wildman–Crippen MR) is 55.3 cm³/mol. The van der Waals surface area contributed by atoms with E-state index in [1.165, 1.54) is 12.1 Å². The number of carbonyl (C=O) groups excluding carboxylic acids is 1. The summed E-state index contributed by atoms with van der Waals surface area (Å²) in [5.41, 5.74) is 0.213. The lowest BCUT2D eigenvalue weighted by Crippen LogP contribution is -2.09. The number of ether oxygens (including phenoxy) is 1. The molecule has 0 unspecified atom stereocenters. The Hall–Kier alpha value is -0.900. The van der Waals surface area contributed by atoms with E-state index in [1.54, 1.807) is 13.8 Å². The maximum atomic E-state index is 13.3. The first-order valence-corrected chi connectivity index (χ1v) is 4.94. The van der Waals surface area contributed by atoms with Crippen molar-refractivity contribution in [3.05, 3.63) is 28.0 Å². The second-order valence-electron chi connectivity index (χ2n) is 3.09.